The molecule has 2 aromatic rings. The maximum absolute atomic E-state index is 12.0. The summed E-state index contributed by atoms with van der Waals surface area (Å²) in [5.41, 5.74) is 1.57. The van der Waals surface area contributed by atoms with Crippen LogP contribution >= 0.6 is 15.9 Å². The van der Waals surface area contributed by atoms with Gasteiger partial charge in [0.15, 0.2) is 0 Å². The topological polar surface area (TPSA) is 98.3 Å². The van der Waals surface area contributed by atoms with Gasteiger partial charge in [-0.3, -0.25) is 19.6 Å². The molecule has 0 fully saturated rings. The van der Waals surface area contributed by atoms with E-state index in [0.717, 1.165) is 20.4 Å². The number of hydrogen-bond donors (Lipinski definition) is 3. The number of nitrogens with zero attached hydrogens (tertiary/aromatic N) is 2. The van der Waals surface area contributed by atoms with Crippen LogP contribution in [-0.2, 0) is 9.59 Å². The molecule has 0 bridgehead atoms. The van der Waals surface area contributed by atoms with Gasteiger partial charge in [0.05, 0.1) is 18.7 Å². The standard InChI is InChI=1S/C13H11BrN4O3/c14-12-8-2-1-7(5-9(8)16-17-12)15-10-6-11(20)18(3-4-19)13(10)21/h1-2,5-6,15,19H,3-4H2,(H,16,17). The van der Waals surface area contributed by atoms with Gasteiger partial charge in [-0.25, -0.2) is 0 Å². The summed E-state index contributed by atoms with van der Waals surface area (Å²) in [7, 11) is 0. The molecule has 3 N–H and O–H groups in total. The summed E-state index contributed by atoms with van der Waals surface area (Å²) >= 11 is 3.34. The minimum atomic E-state index is -0.447. The molecule has 1 aliphatic rings. The number of amides is 2. The number of aliphatic hydroxyl groups excluding tert-OH is 1. The molecular formula is C13H11BrN4O3. The van der Waals surface area contributed by atoms with Gasteiger partial charge in [-0.05, 0) is 34.1 Å². The van der Waals surface area contributed by atoms with Crippen LogP contribution in [0, 0.1) is 0 Å². The van der Waals surface area contributed by atoms with E-state index >= 15 is 0 Å². The van der Waals surface area contributed by atoms with Crippen molar-refractivity contribution in [2.24, 2.45) is 0 Å². The van der Waals surface area contributed by atoms with Crippen LogP contribution < -0.4 is 5.32 Å². The Morgan fingerprint density at radius 3 is 2.95 bits per heavy atom. The highest BCUT2D eigenvalue weighted by atomic mass is 79.9. The summed E-state index contributed by atoms with van der Waals surface area (Å²) in [4.78, 5) is 24.6. The third kappa shape index (κ3) is 2.43. The Morgan fingerprint density at radius 2 is 2.19 bits per heavy atom. The summed E-state index contributed by atoms with van der Waals surface area (Å²) < 4.78 is 0.782. The van der Waals surface area contributed by atoms with Gasteiger partial charge >= 0.3 is 0 Å². The first-order chi connectivity index (χ1) is 10.1. The number of aliphatic hydroxyl groups is 1. The van der Waals surface area contributed by atoms with E-state index in [1.54, 1.807) is 12.1 Å². The number of rotatable bonds is 4. The number of aromatic nitrogens is 2. The minimum absolute atomic E-state index is 0.00923. The molecule has 0 saturated carbocycles. The van der Waals surface area contributed by atoms with Crippen LogP contribution in [0.15, 0.2) is 34.6 Å². The molecule has 8 heteroatoms. The molecule has 1 aromatic heterocycles. The lowest BCUT2D eigenvalue weighted by Gasteiger charge is -2.13. The lowest BCUT2D eigenvalue weighted by atomic mass is 10.2. The number of benzene rings is 1. The van der Waals surface area contributed by atoms with Crippen LogP contribution in [0.3, 0.4) is 0 Å². The Labute approximate surface area is 127 Å². The zero-order valence-corrected chi connectivity index (χ0v) is 12.3. The van der Waals surface area contributed by atoms with E-state index in [9.17, 15) is 9.59 Å². The summed E-state index contributed by atoms with van der Waals surface area (Å²) in [5.74, 6) is -0.877. The van der Waals surface area contributed by atoms with Gasteiger partial charge in [-0.1, -0.05) is 0 Å². The van der Waals surface area contributed by atoms with Gasteiger partial charge < -0.3 is 10.4 Å². The molecule has 1 aliphatic heterocycles. The molecule has 0 aliphatic carbocycles. The largest absolute Gasteiger partial charge is 0.395 e. The van der Waals surface area contributed by atoms with E-state index in [-0.39, 0.29) is 18.8 Å². The zero-order chi connectivity index (χ0) is 15.0. The van der Waals surface area contributed by atoms with E-state index in [4.69, 9.17) is 5.11 Å². The van der Waals surface area contributed by atoms with E-state index < -0.39 is 11.8 Å². The number of carbonyl (C=O) groups is 2. The van der Waals surface area contributed by atoms with E-state index in [1.165, 1.54) is 6.08 Å². The Kier molecular flexibility index (Phi) is 3.48. The number of aromatic amines is 1. The number of carbonyl (C=O) groups excluding carboxylic acids is 2. The smallest absolute Gasteiger partial charge is 0.277 e. The van der Waals surface area contributed by atoms with Crippen molar-refractivity contribution in [2.45, 2.75) is 0 Å². The van der Waals surface area contributed by atoms with Crippen LogP contribution in [-0.4, -0.2) is 45.2 Å². The van der Waals surface area contributed by atoms with Crippen LogP contribution in [0.1, 0.15) is 0 Å². The predicted molar refractivity (Wildman–Crippen MR) is 79.3 cm³/mol. The van der Waals surface area contributed by atoms with Gasteiger partial charge in [0, 0.05) is 17.1 Å². The van der Waals surface area contributed by atoms with Gasteiger partial charge in [0.25, 0.3) is 11.8 Å². The van der Waals surface area contributed by atoms with Crippen molar-refractivity contribution in [3.63, 3.8) is 0 Å². The normalized spacial score (nSPS) is 15.0. The van der Waals surface area contributed by atoms with Crippen LogP contribution in [0.2, 0.25) is 0 Å². The number of hydrogen-bond acceptors (Lipinski definition) is 5. The molecule has 1 aromatic carbocycles. The monoisotopic (exact) mass is 350 g/mol. The van der Waals surface area contributed by atoms with Crippen molar-refractivity contribution in [3.05, 3.63) is 34.6 Å². The minimum Gasteiger partial charge on any atom is -0.395 e. The fourth-order valence-corrected chi connectivity index (χ4v) is 2.55. The van der Waals surface area contributed by atoms with Gasteiger partial charge in [-0.15, -0.1) is 0 Å². The maximum Gasteiger partial charge on any atom is 0.277 e. The number of anilines is 1. The molecular weight excluding hydrogens is 340 g/mol. The average molecular weight is 351 g/mol. The first-order valence-electron chi connectivity index (χ1n) is 6.19. The van der Waals surface area contributed by atoms with Crippen molar-refractivity contribution in [1.29, 1.82) is 0 Å². The number of halogens is 1. The van der Waals surface area contributed by atoms with E-state index in [0.29, 0.717) is 5.69 Å². The molecule has 7 nitrogen and oxygen atoms in total. The molecule has 108 valence electrons. The Bertz CT molecular complexity index is 768. The van der Waals surface area contributed by atoms with Gasteiger partial charge in [0.2, 0.25) is 0 Å². The van der Waals surface area contributed by atoms with Gasteiger partial charge in [0.1, 0.15) is 10.3 Å². The second kappa shape index (κ2) is 5.30. The molecule has 0 saturated heterocycles. The Morgan fingerprint density at radius 1 is 1.38 bits per heavy atom. The maximum atomic E-state index is 12.0. The molecule has 21 heavy (non-hydrogen) atoms. The van der Waals surface area contributed by atoms with Crippen molar-refractivity contribution in [3.8, 4) is 0 Å². The third-order valence-electron chi connectivity index (χ3n) is 3.12. The highest BCUT2D eigenvalue weighted by Crippen LogP contribution is 2.25. The van der Waals surface area contributed by atoms with Crippen molar-refractivity contribution < 1.29 is 14.7 Å². The predicted octanol–water partition coefficient (Wildman–Crippen LogP) is 0.982. The SMILES string of the molecule is O=C1C=C(Nc2ccc3c(Br)[nH]nc3c2)C(=O)N1CCO. The Hall–Kier alpha value is -2.19. The molecule has 0 spiro atoms. The number of fused-ring (bicyclic) bond motifs is 1. The van der Waals surface area contributed by atoms with Crippen molar-refractivity contribution in [2.75, 3.05) is 18.5 Å². The third-order valence-corrected chi connectivity index (χ3v) is 3.73. The van der Waals surface area contributed by atoms with Crippen LogP contribution in [0.25, 0.3) is 10.9 Å². The molecule has 0 unspecified atom stereocenters. The van der Waals surface area contributed by atoms with Gasteiger partial charge in [-0.2, -0.15) is 5.10 Å². The highest BCUT2D eigenvalue weighted by molar-refractivity contribution is 9.10. The second-order valence-electron chi connectivity index (χ2n) is 4.47. The highest BCUT2D eigenvalue weighted by Gasteiger charge is 2.30. The quantitative estimate of drug-likeness (QED) is 0.714. The first kappa shape index (κ1) is 13.8. The molecule has 2 amide bonds. The second-order valence-corrected chi connectivity index (χ2v) is 5.26. The lowest BCUT2D eigenvalue weighted by Crippen LogP contribution is -2.34. The number of H-pyrrole nitrogens is 1. The first-order valence-corrected chi connectivity index (χ1v) is 6.98. The summed E-state index contributed by atoms with van der Waals surface area (Å²) in [6.07, 6.45) is 1.22. The zero-order valence-electron chi connectivity index (χ0n) is 10.8. The average Bonchev–Trinajstić information content (AvgIpc) is 2.95. The number of nitrogens with one attached hydrogen (secondary N) is 2. The lowest BCUT2D eigenvalue weighted by molar-refractivity contribution is -0.137. The number of β-amino-alcohol motifs (C(OH)–C–C–N with tert-alkyl or cyclic N) is 1. The molecule has 0 atom stereocenters. The van der Waals surface area contributed by atoms with Crippen molar-refractivity contribution >= 4 is 44.3 Å². The number of imide groups is 1. The van der Waals surface area contributed by atoms with Crippen LogP contribution in [0.5, 0.6) is 0 Å². The van der Waals surface area contributed by atoms with Crippen molar-refractivity contribution in [1.82, 2.24) is 15.1 Å². The Balaban J connectivity index is 1.84. The van der Waals surface area contributed by atoms with E-state index in [1.807, 2.05) is 6.07 Å². The molecule has 0 radical (unpaired) electrons. The summed E-state index contributed by atoms with van der Waals surface area (Å²) in [5, 5.41) is 19.6. The summed E-state index contributed by atoms with van der Waals surface area (Å²) in [6.45, 7) is -0.267. The summed E-state index contributed by atoms with van der Waals surface area (Å²) in [6, 6.07) is 5.40. The fourth-order valence-electron chi connectivity index (χ4n) is 2.12. The fraction of sp³-hybridized carbons (Fsp3) is 0.154. The molecule has 3 rings (SSSR count). The molecule has 2 heterocycles. The van der Waals surface area contributed by atoms with Crippen LogP contribution in [0.4, 0.5) is 5.69 Å². The van der Waals surface area contributed by atoms with E-state index in [2.05, 4.69) is 31.4 Å².